The molecule has 1 aromatic heterocycles. The van der Waals surface area contributed by atoms with E-state index >= 15 is 0 Å². The van der Waals surface area contributed by atoms with Gasteiger partial charge >= 0.3 is 6.09 Å². The van der Waals surface area contributed by atoms with Crippen LogP contribution in [0, 0.1) is 30.5 Å². The van der Waals surface area contributed by atoms with Gasteiger partial charge in [-0.2, -0.15) is 0 Å². The quantitative estimate of drug-likeness (QED) is 0.288. The van der Waals surface area contributed by atoms with Gasteiger partial charge in [-0.1, -0.05) is 23.7 Å². The van der Waals surface area contributed by atoms with Gasteiger partial charge in [0.15, 0.2) is 0 Å². The molecule has 43 heavy (non-hydrogen) atoms. The number of piperidine rings is 1. The number of aryl methyl sites for hydroxylation is 1. The Kier molecular flexibility index (Phi) is 9.01. The topological polar surface area (TPSA) is 49.7 Å². The summed E-state index contributed by atoms with van der Waals surface area (Å²) < 4.78 is 23.3. The lowest BCUT2D eigenvalue weighted by Gasteiger charge is -2.51. The molecule has 1 saturated carbocycles. The first-order chi connectivity index (χ1) is 20.9. The average molecular weight is 607 g/mol. The fourth-order valence-electron chi connectivity index (χ4n) is 8.22. The lowest BCUT2D eigenvalue weighted by molar-refractivity contribution is 0.00175. The molecule has 0 bridgehead atoms. The van der Waals surface area contributed by atoms with E-state index in [1.165, 1.54) is 17.4 Å². The van der Waals surface area contributed by atoms with E-state index in [1.54, 1.807) is 13.1 Å². The van der Waals surface area contributed by atoms with Crippen LogP contribution in [0.1, 0.15) is 43.4 Å². The van der Waals surface area contributed by atoms with Crippen molar-refractivity contribution in [1.29, 1.82) is 0 Å². The normalized spacial score (nSPS) is 23.1. The third-order valence-electron chi connectivity index (χ3n) is 10.4. The Labute approximate surface area is 260 Å². The van der Waals surface area contributed by atoms with Crippen LogP contribution >= 0.6 is 11.6 Å². The number of ether oxygens (including phenoxy) is 1. The predicted molar refractivity (Wildman–Crippen MR) is 170 cm³/mol. The van der Waals surface area contributed by atoms with Crippen LogP contribution in [0.25, 0.3) is 0 Å². The summed E-state index contributed by atoms with van der Waals surface area (Å²) in [4.78, 5) is 17.5. The van der Waals surface area contributed by atoms with E-state index in [9.17, 15) is 9.18 Å². The van der Waals surface area contributed by atoms with Gasteiger partial charge in [0, 0.05) is 73.1 Å². The van der Waals surface area contributed by atoms with Crippen LogP contribution in [0.5, 0.6) is 0 Å². The molecular formula is C35H44ClFN4O2. The number of amides is 1. The van der Waals surface area contributed by atoms with Crippen molar-refractivity contribution in [2.75, 3.05) is 44.7 Å². The Hall–Kier alpha value is -3.03. The van der Waals surface area contributed by atoms with Gasteiger partial charge in [0.2, 0.25) is 0 Å². The molecule has 3 atom stereocenters. The minimum atomic E-state index is -0.384. The van der Waals surface area contributed by atoms with Gasteiger partial charge in [0.05, 0.1) is 0 Å². The van der Waals surface area contributed by atoms with Crippen LogP contribution in [-0.4, -0.2) is 61.4 Å². The van der Waals surface area contributed by atoms with E-state index in [1.807, 2.05) is 18.2 Å². The number of nitrogens with zero attached hydrogens (tertiary/aromatic N) is 3. The molecule has 1 aliphatic carbocycles. The molecule has 0 spiro atoms. The lowest BCUT2D eigenvalue weighted by atomic mass is 9.58. The number of nitrogens with one attached hydrogen (secondary N) is 1. The van der Waals surface area contributed by atoms with E-state index in [2.05, 4.69) is 63.1 Å². The number of hydrogen-bond donors (Lipinski definition) is 1. The third-order valence-corrected chi connectivity index (χ3v) is 10.7. The zero-order valence-corrected chi connectivity index (χ0v) is 26.1. The third kappa shape index (κ3) is 6.30. The zero-order valence-electron chi connectivity index (χ0n) is 25.4. The van der Waals surface area contributed by atoms with Crippen molar-refractivity contribution in [3.8, 4) is 0 Å². The first-order valence-corrected chi connectivity index (χ1v) is 16.2. The maximum Gasteiger partial charge on any atom is 0.407 e. The predicted octanol–water partition coefficient (Wildman–Crippen LogP) is 6.90. The van der Waals surface area contributed by atoms with Gasteiger partial charge in [-0.25, -0.2) is 9.18 Å². The minimum absolute atomic E-state index is 0.101. The van der Waals surface area contributed by atoms with Gasteiger partial charge in [-0.15, -0.1) is 0 Å². The maximum absolute atomic E-state index is 15.0. The maximum atomic E-state index is 15.0. The Morgan fingerprint density at radius 1 is 1.05 bits per heavy atom. The van der Waals surface area contributed by atoms with Gasteiger partial charge in [0.1, 0.15) is 11.9 Å². The number of halogens is 2. The molecule has 6 rings (SSSR count). The summed E-state index contributed by atoms with van der Waals surface area (Å²) in [5.74, 6) is 0.881. The Bertz CT molecular complexity index is 1380. The molecule has 0 radical (unpaired) electrons. The highest BCUT2D eigenvalue weighted by molar-refractivity contribution is 6.30. The van der Waals surface area contributed by atoms with Crippen molar-refractivity contribution in [2.24, 2.45) is 17.8 Å². The van der Waals surface area contributed by atoms with Gasteiger partial charge in [-0.3, -0.25) is 0 Å². The molecule has 3 aliphatic rings. The van der Waals surface area contributed by atoms with Gasteiger partial charge in [-0.05, 0) is 112 Å². The minimum Gasteiger partial charge on any atom is -0.446 e. The monoisotopic (exact) mass is 606 g/mol. The molecule has 3 fully saturated rings. The highest BCUT2D eigenvalue weighted by Gasteiger charge is 2.53. The van der Waals surface area contributed by atoms with E-state index < -0.39 is 0 Å². The summed E-state index contributed by atoms with van der Waals surface area (Å²) in [5, 5.41) is 3.43. The number of anilines is 1. The summed E-state index contributed by atoms with van der Waals surface area (Å²) in [6.07, 6.45) is 6.42. The Morgan fingerprint density at radius 3 is 2.49 bits per heavy atom. The first kappa shape index (κ1) is 30.0. The number of alkyl carbamates (subject to hydrolysis) is 1. The van der Waals surface area contributed by atoms with Crippen molar-refractivity contribution in [2.45, 2.75) is 57.1 Å². The molecule has 1 amide bonds. The van der Waals surface area contributed by atoms with Crippen molar-refractivity contribution in [3.63, 3.8) is 0 Å². The number of benzene rings is 2. The molecule has 3 aromatic rings. The molecule has 230 valence electrons. The van der Waals surface area contributed by atoms with Crippen LogP contribution in [-0.2, 0) is 16.7 Å². The van der Waals surface area contributed by atoms with Crippen LogP contribution < -0.4 is 10.2 Å². The van der Waals surface area contributed by atoms with E-state index in [0.717, 1.165) is 82.0 Å². The standard InChI is InChI=1S/C35H44ClFN4O2/c1-25-6-5-17-40(25)24-35(28-7-3-8-30(37)20-28,32-9-4-10-33(32)43-34(42)38-2)27-15-18-39(19-16-27)21-26-22-41(23-26)31-13-11-29(36)12-14-31/h3,5-8,11-14,17,20,26-27,32-33H,4,9-10,15-16,18-19,21-24H2,1-2H3,(H,38,42)/t32-,33-,35?/m1/s1. The SMILES string of the molecule is CNC(=O)O[C@@H]1CCC[C@H]1C(Cn1cccc1C)(c1cccc(F)c1)C1CCN(CC2CN(c3ccc(Cl)cc3)C2)CC1. The van der Waals surface area contributed by atoms with Crippen molar-refractivity contribution >= 4 is 23.4 Å². The second-order valence-electron chi connectivity index (χ2n) is 12.9. The summed E-state index contributed by atoms with van der Waals surface area (Å²) >= 11 is 6.08. The average Bonchev–Trinajstić information content (AvgIpc) is 3.63. The van der Waals surface area contributed by atoms with Crippen LogP contribution in [0.3, 0.4) is 0 Å². The van der Waals surface area contributed by atoms with E-state index in [4.69, 9.17) is 16.3 Å². The highest BCUT2D eigenvalue weighted by Crippen LogP contribution is 2.52. The number of carbonyl (C=O) groups is 1. The number of likely N-dealkylation sites (tertiary alicyclic amines) is 1. The highest BCUT2D eigenvalue weighted by atomic mass is 35.5. The summed E-state index contributed by atoms with van der Waals surface area (Å²) in [6.45, 7) is 8.18. The van der Waals surface area contributed by atoms with Crippen molar-refractivity contribution in [1.82, 2.24) is 14.8 Å². The smallest absolute Gasteiger partial charge is 0.407 e. The molecule has 6 nitrogen and oxygen atoms in total. The van der Waals surface area contributed by atoms with Crippen molar-refractivity contribution in [3.05, 3.63) is 89.0 Å². The van der Waals surface area contributed by atoms with E-state index in [-0.39, 0.29) is 29.3 Å². The number of hydrogen-bond acceptors (Lipinski definition) is 4. The van der Waals surface area contributed by atoms with E-state index in [0.29, 0.717) is 11.8 Å². The summed E-state index contributed by atoms with van der Waals surface area (Å²) in [7, 11) is 1.61. The van der Waals surface area contributed by atoms with Gasteiger partial charge in [0.25, 0.3) is 0 Å². The summed E-state index contributed by atoms with van der Waals surface area (Å²) in [5.41, 5.74) is 3.10. The second kappa shape index (κ2) is 12.9. The molecule has 1 N–H and O–H groups in total. The molecule has 8 heteroatoms. The second-order valence-corrected chi connectivity index (χ2v) is 13.3. The van der Waals surface area contributed by atoms with Crippen LogP contribution in [0.4, 0.5) is 14.9 Å². The van der Waals surface area contributed by atoms with Gasteiger partial charge < -0.3 is 24.4 Å². The van der Waals surface area contributed by atoms with Crippen LogP contribution in [0.2, 0.25) is 5.02 Å². The molecule has 1 unspecified atom stereocenters. The lowest BCUT2D eigenvalue weighted by Crippen LogP contribution is -2.55. The number of rotatable bonds is 9. The first-order valence-electron chi connectivity index (χ1n) is 15.8. The fraction of sp³-hybridized carbons (Fsp3) is 0.514. The molecular weight excluding hydrogens is 563 g/mol. The summed E-state index contributed by atoms with van der Waals surface area (Å²) in [6, 6.07) is 19.6. The Balaban J connectivity index is 1.24. The molecule has 2 aliphatic heterocycles. The molecule has 2 saturated heterocycles. The van der Waals surface area contributed by atoms with Crippen LogP contribution in [0.15, 0.2) is 66.9 Å². The largest absolute Gasteiger partial charge is 0.446 e. The fourth-order valence-corrected chi connectivity index (χ4v) is 8.35. The Morgan fingerprint density at radius 2 is 1.81 bits per heavy atom. The zero-order chi connectivity index (χ0) is 30.0. The number of aromatic nitrogens is 1. The number of carbonyl (C=O) groups excluding carboxylic acids is 1. The van der Waals surface area contributed by atoms with Crippen molar-refractivity contribution < 1.29 is 13.9 Å². The molecule has 3 heterocycles. The molecule has 2 aromatic carbocycles.